The van der Waals surface area contributed by atoms with E-state index in [-0.39, 0.29) is 30.3 Å². The lowest BCUT2D eigenvalue weighted by atomic mass is 9.91. The molecule has 0 radical (unpaired) electrons. The Labute approximate surface area is 203 Å². The maximum atomic E-state index is 13.6. The van der Waals surface area contributed by atoms with Gasteiger partial charge in [-0.05, 0) is 48.2 Å². The second kappa shape index (κ2) is 10.0. The van der Waals surface area contributed by atoms with E-state index in [1.807, 2.05) is 0 Å². The number of carbonyl (C=O) groups is 3. The van der Waals surface area contributed by atoms with E-state index in [4.69, 9.17) is 9.47 Å². The molecule has 0 bridgehead atoms. The lowest BCUT2D eigenvalue weighted by Gasteiger charge is -2.36. The van der Waals surface area contributed by atoms with Crippen LogP contribution in [0.1, 0.15) is 33.9 Å². The van der Waals surface area contributed by atoms with Crippen molar-refractivity contribution < 1.29 is 32.3 Å². The molecule has 0 saturated carbocycles. The molecule has 3 heterocycles. The Morgan fingerprint density at radius 2 is 1.89 bits per heavy atom. The minimum absolute atomic E-state index is 0.103. The van der Waals surface area contributed by atoms with Gasteiger partial charge in [-0.3, -0.25) is 14.6 Å². The molecule has 4 rings (SSSR count). The third-order valence-corrected chi connectivity index (χ3v) is 7.98. The summed E-state index contributed by atoms with van der Waals surface area (Å²) in [4.78, 5) is 43.3. The fourth-order valence-electron chi connectivity index (χ4n) is 4.36. The topological polar surface area (TPSA) is 135 Å². The van der Waals surface area contributed by atoms with Crippen LogP contribution in [0.5, 0.6) is 5.75 Å². The number of pyridine rings is 1. The largest absolute Gasteiger partial charge is 0.495 e. The number of sulfonamides is 1. The van der Waals surface area contributed by atoms with Gasteiger partial charge in [0.15, 0.2) is 6.04 Å². The van der Waals surface area contributed by atoms with Crippen molar-refractivity contribution >= 4 is 27.8 Å². The number of benzene rings is 1. The summed E-state index contributed by atoms with van der Waals surface area (Å²) in [6.07, 6.45) is 3.79. The van der Waals surface area contributed by atoms with Crippen molar-refractivity contribution in [2.75, 3.05) is 40.4 Å². The van der Waals surface area contributed by atoms with Crippen molar-refractivity contribution in [2.24, 2.45) is 0 Å². The van der Waals surface area contributed by atoms with Crippen LogP contribution in [0.15, 0.2) is 41.6 Å². The maximum absolute atomic E-state index is 13.6. The van der Waals surface area contributed by atoms with Crippen molar-refractivity contribution in [3.63, 3.8) is 0 Å². The lowest BCUT2D eigenvalue weighted by molar-refractivity contribution is -0.146. The Morgan fingerprint density at radius 3 is 2.57 bits per heavy atom. The molecule has 2 aliphatic rings. The summed E-state index contributed by atoms with van der Waals surface area (Å²) < 4.78 is 38.7. The molecular formula is C23H26N4O7S. The number of hydrogen-bond donors (Lipinski definition) is 1. The van der Waals surface area contributed by atoms with Gasteiger partial charge in [-0.25, -0.2) is 13.2 Å². The summed E-state index contributed by atoms with van der Waals surface area (Å²) in [7, 11) is -1.59. The summed E-state index contributed by atoms with van der Waals surface area (Å²) >= 11 is 0. The first kappa shape index (κ1) is 24.6. The van der Waals surface area contributed by atoms with E-state index in [1.54, 1.807) is 18.2 Å². The Kier molecular flexibility index (Phi) is 7.03. The number of fused-ring (bicyclic) bond motifs is 1. The van der Waals surface area contributed by atoms with E-state index in [2.05, 4.69) is 10.3 Å². The number of esters is 1. The third-order valence-electron chi connectivity index (χ3n) is 6.11. The summed E-state index contributed by atoms with van der Waals surface area (Å²) in [5.74, 6) is -1.40. The van der Waals surface area contributed by atoms with Gasteiger partial charge < -0.3 is 19.7 Å². The third kappa shape index (κ3) is 4.71. The van der Waals surface area contributed by atoms with Crippen molar-refractivity contribution in [1.29, 1.82) is 0 Å². The minimum atomic E-state index is -4.16. The zero-order valence-corrected chi connectivity index (χ0v) is 20.2. The molecule has 2 amide bonds. The summed E-state index contributed by atoms with van der Waals surface area (Å²) in [6.45, 7) is 0.419. The molecule has 0 aliphatic carbocycles. The number of ether oxygens (including phenoxy) is 2. The van der Waals surface area contributed by atoms with Gasteiger partial charge in [0.1, 0.15) is 10.6 Å². The quantitative estimate of drug-likeness (QED) is 0.585. The van der Waals surface area contributed by atoms with E-state index >= 15 is 0 Å². The van der Waals surface area contributed by atoms with Crippen molar-refractivity contribution in [3.05, 3.63) is 53.3 Å². The highest BCUT2D eigenvalue weighted by atomic mass is 32.2. The molecule has 1 fully saturated rings. The van der Waals surface area contributed by atoms with E-state index in [0.717, 1.165) is 4.31 Å². The summed E-state index contributed by atoms with van der Waals surface area (Å²) in [5.41, 5.74) is 1.35. The highest BCUT2D eigenvalue weighted by Gasteiger charge is 2.40. The molecule has 2 aliphatic heterocycles. The van der Waals surface area contributed by atoms with Gasteiger partial charge in [0.2, 0.25) is 15.9 Å². The van der Waals surface area contributed by atoms with Crippen LogP contribution in [0.4, 0.5) is 0 Å². The van der Waals surface area contributed by atoms with Gasteiger partial charge in [-0.1, -0.05) is 0 Å². The number of hydrogen-bond acceptors (Lipinski definition) is 8. The zero-order valence-electron chi connectivity index (χ0n) is 19.4. The number of amides is 2. The van der Waals surface area contributed by atoms with E-state index < -0.39 is 33.8 Å². The smallest absolute Gasteiger partial charge is 0.333 e. The summed E-state index contributed by atoms with van der Waals surface area (Å²) in [6, 6.07) is 4.86. The highest BCUT2D eigenvalue weighted by Crippen LogP contribution is 2.38. The molecule has 186 valence electrons. The second-order valence-electron chi connectivity index (χ2n) is 8.15. The van der Waals surface area contributed by atoms with Crippen molar-refractivity contribution in [2.45, 2.75) is 23.8 Å². The van der Waals surface area contributed by atoms with Crippen molar-refractivity contribution in [1.82, 2.24) is 19.5 Å². The van der Waals surface area contributed by atoms with Crippen LogP contribution >= 0.6 is 0 Å². The predicted molar refractivity (Wildman–Crippen MR) is 123 cm³/mol. The molecule has 0 spiro atoms. The van der Waals surface area contributed by atoms with Gasteiger partial charge in [-0.2, -0.15) is 4.31 Å². The first-order chi connectivity index (χ1) is 16.8. The van der Waals surface area contributed by atoms with Crippen LogP contribution in [0.2, 0.25) is 0 Å². The van der Waals surface area contributed by atoms with Gasteiger partial charge in [0.25, 0.3) is 5.91 Å². The molecule has 1 atom stereocenters. The number of nitrogens with zero attached hydrogens (tertiary/aromatic N) is 3. The van der Waals surface area contributed by atoms with E-state index in [0.29, 0.717) is 36.1 Å². The number of aromatic nitrogens is 1. The molecular weight excluding hydrogens is 476 g/mol. The van der Waals surface area contributed by atoms with Gasteiger partial charge in [0, 0.05) is 37.6 Å². The van der Waals surface area contributed by atoms with Gasteiger partial charge in [-0.15, -0.1) is 0 Å². The van der Waals surface area contributed by atoms with Crippen LogP contribution in [0.3, 0.4) is 0 Å². The molecule has 1 saturated heterocycles. The first-order valence-electron chi connectivity index (χ1n) is 11.0. The Morgan fingerprint density at radius 1 is 1.14 bits per heavy atom. The average Bonchev–Trinajstić information content (AvgIpc) is 3.11. The molecule has 11 nitrogen and oxygen atoms in total. The predicted octanol–water partition coefficient (Wildman–Crippen LogP) is 0.513. The molecule has 1 aromatic carbocycles. The molecule has 1 N–H and O–H groups in total. The van der Waals surface area contributed by atoms with Crippen LogP contribution in [-0.4, -0.2) is 80.8 Å². The van der Waals surface area contributed by atoms with E-state index in [9.17, 15) is 22.8 Å². The highest BCUT2D eigenvalue weighted by molar-refractivity contribution is 7.89. The van der Waals surface area contributed by atoms with Crippen LogP contribution < -0.4 is 10.1 Å². The average molecular weight is 503 g/mol. The molecule has 35 heavy (non-hydrogen) atoms. The standard InChI is InChI=1S/C23H26N4O7S/c1-33-18-12-16-6-11-27(22(29)15-4-8-24-9-5-15)21(23(30)34-2)17(16)13-19(18)35(31,32)26-10-3-7-25-20(28)14-26/h4-5,8-9,12-13,21H,3,6-7,10-11,14H2,1-2H3,(H,25,28). The van der Waals surface area contributed by atoms with Crippen LogP contribution in [0, 0.1) is 0 Å². The fourth-order valence-corrected chi connectivity index (χ4v) is 5.96. The van der Waals surface area contributed by atoms with Crippen molar-refractivity contribution in [3.8, 4) is 5.75 Å². The minimum Gasteiger partial charge on any atom is -0.495 e. The maximum Gasteiger partial charge on any atom is 0.333 e. The lowest BCUT2D eigenvalue weighted by Crippen LogP contribution is -2.44. The fraction of sp³-hybridized carbons (Fsp3) is 0.391. The summed E-state index contributed by atoms with van der Waals surface area (Å²) in [5, 5.41) is 2.65. The Hall–Kier alpha value is -3.51. The molecule has 1 aromatic heterocycles. The second-order valence-corrected chi connectivity index (χ2v) is 10.1. The van der Waals surface area contributed by atoms with Gasteiger partial charge >= 0.3 is 5.97 Å². The Bertz CT molecular complexity index is 1250. The van der Waals surface area contributed by atoms with Crippen LogP contribution in [-0.2, 0) is 30.8 Å². The Balaban J connectivity index is 1.81. The molecule has 2 aromatic rings. The van der Waals surface area contributed by atoms with Crippen LogP contribution in [0.25, 0.3) is 0 Å². The van der Waals surface area contributed by atoms with E-state index in [1.165, 1.54) is 37.6 Å². The molecule has 12 heteroatoms. The first-order valence-corrected chi connectivity index (χ1v) is 12.5. The number of methoxy groups -OCH3 is 2. The zero-order chi connectivity index (χ0) is 25.2. The number of rotatable bonds is 5. The number of nitrogens with one attached hydrogen (secondary N) is 1. The monoisotopic (exact) mass is 502 g/mol. The molecule has 1 unspecified atom stereocenters. The van der Waals surface area contributed by atoms with Gasteiger partial charge in [0.05, 0.1) is 20.8 Å². The number of carbonyl (C=O) groups excluding carboxylic acids is 3. The normalized spacial score (nSPS) is 18.7. The SMILES string of the molecule is COC(=O)C1c2cc(S(=O)(=O)N3CCCNC(=O)C3)c(OC)cc2CCN1C(=O)c1ccncc1.